The van der Waals surface area contributed by atoms with Crippen molar-refractivity contribution < 1.29 is 13.2 Å². The van der Waals surface area contributed by atoms with Crippen LogP contribution in [0.3, 0.4) is 0 Å². The van der Waals surface area contributed by atoms with E-state index in [1.807, 2.05) is 23.1 Å². The van der Waals surface area contributed by atoms with Crippen molar-refractivity contribution in [2.24, 2.45) is 5.92 Å². The van der Waals surface area contributed by atoms with E-state index >= 15 is 0 Å². The lowest BCUT2D eigenvalue weighted by molar-refractivity contribution is -0.135. The van der Waals surface area contributed by atoms with E-state index in [0.717, 1.165) is 13.1 Å². The highest BCUT2D eigenvalue weighted by atomic mass is 32.2. The van der Waals surface area contributed by atoms with Crippen LogP contribution in [-0.4, -0.2) is 56.9 Å². The van der Waals surface area contributed by atoms with E-state index in [2.05, 4.69) is 17.0 Å². The second kappa shape index (κ2) is 6.28. The maximum Gasteiger partial charge on any atom is 0.226 e. The van der Waals surface area contributed by atoms with Crippen LogP contribution >= 0.6 is 0 Å². The normalized spacial score (nSPS) is 25.0. The van der Waals surface area contributed by atoms with Crippen LogP contribution in [-0.2, 0) is 14.6 Å². The lowest BCUT2D eigenvalue weighted by Gasteiger charge is -2.38. The maximum absolute atomic E-state index is 12.5. The summed E-state index contributed by atoms with van der Waals surface area (Å²) in [5.74, 6) is -0.0402. The Balaban J connectivity index is 1.58. The zero-order valence-electron chi connectivity index (χ0n) is 12.6. The van der Waals surface area contributed by atoms with Crippen LogP contribution in [0.2, 0.25) is 0 Å². The number of carbonyl (C=O) groups excluding carboxylic acids is 1. The Morgan fingerprint density at radius 3 is 2.36 bits per heavy atom. The van der Waals surface area contributed by atoms with Gasteiger partial charge in [-0.15, -0.1) is 0 Å². The van der Waals surface area contributed by atoms with Gasteiger partial charge < -0.3 is 9.80 Å². The monoisotopic (exact) mass is 322 g/mol. The van der Waals surface area contributed by atoms with Crippen LogP contribution in [0.25, 0.3) is 0 Å². The Morgan fingerprint density at radius 2 is 1.73 bits per heavy atom. The summed E-state index contributed by atoms with van der Waals surface area (Å²) in [6, 6.07) is 10.2. The minimum atomic E-state index is -3.03. The summed E-state index contributed by atoms with van der Waals surface area (Å²) in [5, 5.41) is 0. The molecule has 0 saturated carbocycles. The zero-order chi connectivity index (χ0) is 15.6. The number of hydrogen-bond acceptors (Lipinski definition) is 4. The molecular weight excluding hydrogens is 300 g/mol. The van der Waals surface area contributed by atoms with Gasteiger partial charge in [-0.2, -0.15) is 0 Å². The molecular formula is C16H22N2O3S. The van der Waals surface area contributed by atoms with Crippen molar-refractivity contribution in [1.82, 2.24) is 4.90 Å². The van der Waals surface area contributed by atoms with Crippen LogP contribution in [0, 0.1) is 5.92 Å². The third-order valence-electron chi connectivity index (χ3n) is 4.52. The first-order valence-corrected chi connectivity index (χ1v) is 9.66. The van der Waals surface area contributed by atoms with E-state index in [1.165, 1.54) is 5.69 Å². The minimum Gasteiger partial charge on any atom is -0.368 e. The van der Waals surface area contributed by atoms with Gasteiger partial charge in [0.25, 0.3) is 0 Å². The summed E-state index contributed by atoms with van der Waals surface area (Å²) < 4.78 is 23.4. The highest BCUT2D eigenvalue weighted by Crippen LogP contribution is 2.22. The lowest BCUT2D eigenvalue weighted by Crippen LogP contribution is -2.51. The third-order valence-corrected chi connectivity index (χ3v) is 6.35. The van der Waals surface area contributed by atoms with Gasteiger partial charge in [-0.1, -0.05) is 18.2 Å². The van der Waals surface area contributed by atoms with Gasteiger partial charge in [-0.05, 0) is 25.0 Å². The fourth-order valence-electron chi connectivity index (χ4n) is 3.30. The van der Waals surface area contributed by atoms with Gasteiger partial charge in [0.2, 0.25) is 5.91 Å². The quantitative estimate of drug-likeness (QED) is 0.820. The Bertz CT molecular complexity index is 622. The summed E-state index contributed by atoms with van der Waals surface area (Å²) in [7, 11) is -3.03. The van der Waals surface area contributed by atoms with Gasteiger partial charge in [0.15, 0.2) is 9.84 Å². The first kappa shape index (κ1) is 15.3. The highest BCUT2D eigenvalue weighted by Gasteiger charge is 2.33. The number of hydrogen-bond donors (Lipinski definition) is 0. The lowest BCUT2D eigenvalue weighted by atomic mass is 10.0. The minimum absolute atomic E-state index is 0.0241. The Labute approximate surface area is 131 Å². The Kier molecular flexibility index (Phi) is 4.38. The van der Waals surface area contributed by atoms with Gasteiger partial charge in [0.05, 0.1) is 17.4 Å². The molecule has 1 aromatic rings. The molecule has 2 saturated heterocycles. The molecule has 1 atom stereocenters. The van der Waals surface area contributed by atoms with Crippen molar-refractivity contribution in [3.63, 3.8) is 0 Å². The fourth-order valence-corrected chi connectivity index (χ4v) is 5.00. The summed E-state index contributed by atoms with van der Waals surface area (Å²) in [4.78, 5) is 16.6. The van der Waals surface area contributed by atoms with E-state index in [-0.39, 0.29) is 23.3 Å². The van der Waals surface area contributed by atoms with Crippen LogP contribution in [0.15, 0.2) is 30.3 Å². The van der Waals surface area contributed by atoms with E-state index < -0.39 is 9.84 Å². The van der Waals surface area contributed by atoms with Crippen LogP contribution in [0.1, 0.15) is 12.8 Å². The average Bonchev–Trinajstić information content (AvgIpc) is 2.54. The Morgan fingerprint density at radius 1 is 1.05 bits per heavy atom. The highest BCUT2D eigenvalue weighted by molar-refractivity contribution is 7.91. The predicted octanol–water partition coefficient (Wildman–Crippen LogP) is 1.16. The molecule has 1 aromatic carbocycles. The van der Waals surface area contributed by atoms with E-state index in [4.69, 9.17) is 0 Å². The fraction of sp³-hybridized carbons (Fsp3) is 0.562. The summed E-state index contributed by atoms with van der Waals surface area (Å²) in [6.45, 7) is 2.94. The molecule has 1 amide bonds. The molecule has 0 radical (unpaired) electrons. The van der Waals surface area contributed by atoms with Crippen molar-refractivity contribution in [2.45, 2.75) is 12.8 Å². The molecule has 0 N–H and O–H groups in total. The number of benzene rings is 1. The molecule has 0 spiro atoms. The van der Waals surface area contributed by atoms with Crippen molar-refractivity contribution >= 4 is 21.4 Å². The van der Waals surface area contributed by atoms with Crippen molar-refractivity contribution in [3.05, 3.63) is 30.3 Å². The number of piperazine rings is 1. The largest absolute Gasteiger partial charge is 0.368 e. The molecule has 2 heterocycles. The number of amides is 1. The Hall–Kier alpha value is -1.56. The molecule has 1 unspecified atom stereocenters. The first-order chi connectivity index (χ1) is 10.6. The SMILES string of the molecule is O=C(C1CCCS(=O)(=O)C1)N1CCN(c2ccccc2)CC1. The van der Waals surface area contributed by atoms with E-state index in [0.29, 0.717) is 25.9 Å². The molecule has 6 heteroatoms. The molecule has 120 valence electrons. The topological polar surface area (TPSA) is 57.7 Å². The van der Waals surface area contributed by atoms with Crippen LogP contribution < -0.4 is 4.90 Å². The molecule has 5 nitrogen and oxygen atoms in total. The smallest absolute Gasteiger partial charge is 0.226 e. The van der Waals surface area contributed by atoms with Gasteiger partial charge in [0.1, 0.15) is 0 Å². The molecule has 2 fully saturated rings. The van der Waals surface area contributed by atoms with Gasteiger partial charge in [0, 0.05) is 31.9 Å². The molecule has 0 aliphatic carbocycles. The predicted molar refractivity (Wildman–Crippen MR) is 86.6 cm³/mol. The van der Waals surface area contributed by atoms with Crippen molar-refractivity contribution in [3.8, 4) is 0 Å². The molecule has 2 aliphatic rings. The second-order valence-electron chi connectivity index (χ2n) is 6.10. The molecule has 22 heavy (non-hydrogen) atoms. The van der Waals surface area contributed by atoms with E-state index in [9.17, 15) is 13.2 Å². The van der Waals surface area contributed by atoms with Crippen LogP contribution in [0.5, 0.6) is 0 Å². The number of sulfone groups is 1. The summed E-state index contributed by atoms with van der Waals surface area (Å²) >= 11 is 0. The zero-order valence-corrected chi connectivity index (χ0v) is 13.5. The number of carbonyl (C=O) groups is 1. The standard InChI is InChI=1S/C16H22N2O3S/c19-16(14-5-4-12-22(20,21)13-14)18-10-8-17(9-11-18)15-6-2-1-3-7-15/h1-3,6-7,14H,4-5,8-13H2. The summed E-state index contributed by atoms with van der Waals surface area (Å²) in [5.41, 5.74) is 1.18. The summed E-state index contributed by atoms with van der Waals surface area (Å²) in [6.07, 6.45) is 1.32. The third kappa shape index (κ3) is 3.43. The first-order valence-electron chi connectivity index (χ1n) is 7.84. The number of rotatable bonds is 2. The maximum atomic E-state index is 12.5. The van der Waals surface area contributed by atoms with Gasteiger partial charge in [-0.25, -0.2) is 8.42 Å². The van der Waals surface area contributed by atoms with Crippen LogP contribution in [0.4, 0.5) is 5.69 Å². The van der Waals surface area contributed by atoms with Gasteiger partial charge in [-0.3, -0.25) is 4.79 Å². The molecule has 2 aliphatic heterocycles. The number of anilines is 1. The molecule has 0 bridgehead atoms. The van der Waals surface area contributed by atoms with Gasteiger partial charge >= 0.3 is 0 Å². The van der Waals surface area contributed by atoms with Crippen molar-refractivity contribution in [1.29, 1.82) is 0 Å². The van der Waals surface area contributed by atoms with E-state index in [1.54, 1.807) is 0 Å². The average molecular weight is 322 g/mol. The number of nitrogens with zero attached hydrogens (tertiary/aromatic N) is 2. The second-order valence-corrected chi connectivity index (χ2v) is 8.33. The molecule has 3 rings (SSSR count). The molecule has 0 aromatic heterocycles. The van der Waals surface area contributed by atoms with Crippen molar-refractivity contribution in [2.75, 3.05) is 42.6 Å². The number of para-hydroxylation sites is 1.